The van der Waals surface area contributed by atoms with Crippen molar-refractivity contribution in [3.05, 3.63) is 70.5 Å². The molecular weight excluding hydrogens is 572 g/mol. The number of carbonyl (C=O) groups is 2. The molecule has 0 radical (unpaired) electrons. The van der Waals surface area contributed by atoms with Crippen LogP contribution in [-0.4, -0.2) is 63.8 Å². The van der Waals surface area contributed by atoms with Crippen LogP contribution in [0.1, 0.15) is 41.6 Å². The number of nitrogens with two attached hydrogens (primary N) is 2. The second-order valence-corrected chi connectivity index (χ2v) is 11.4. The Kier molecular flexibility index (Phi) is 8.81. The minimum absolute atomic E-state index is 0.0828. The molecule has 10 nitrogen and oxygen atoms in total. The molecule has 1 aromatic carbocycles. The van der Waals surface area contributed by atoms with E-state index >= 15 is 0 Å². The van der Waals surface area contributed by atoms with Gasteiger partial charge in [0.1, 0.15) is 11.6 Å². The van der Waals surface area contributed by atoms with Crippen LogP contribution < -0.4 is 22.1 Å². The fourth-order valence-electron chi connectivity index (χ4n) is 5.39. The number of amides is 2. The molecule has 3 aromatic rings. The lowest BCUT2D eigenvalue weighted by molar-refractivity contribution is -0.138. The summed E-state index contributed by atoms with van der Waals surface area (Å²) in [4.78, 5) is 38.6. The number of likely N-dealkylation sites (tertiary alicyclic amines) is 2. The van der Waals surface area contributed by atoms with Crippen LogP contribution in [0.3, 0.4) is 0 Å². The van der Waals surface area contributed by atoms with Crippen LogP contribution in [0.4, 0.5) is 23.0 Å². The zero-order valence-electron chi connectivity index (χ0n) is 22.4. The first-order valence-corrected chi connectivity index (χ1v) is 14.4. The molecule has 2 saturated heterocycles. The van der Waals surface area contributed by atoms with Gasteiger partial charge in [0.15, 0.2) is 0 Å². The van der Waals surface area contributed by atoms with Gasteiger partial charge in [-0.2, -0.15) is 0 Å². The Morgan fingerprint density at radius 2 is 1.68 bits per heavy atom. The number of benzene rings is 1. The van der Waals surface area contributed by atoms with Gasteiger partial charge in [-0.1, -0.05) is 15.9 Å². The number of piperidine rings is 2. The molecule has 5 rings (SSSR count). The van der Waals surface area contributed by atoms with Gasteiger partial charge in [0.2, 0.25) is 5.91 Å². The molecule has 2 aliphatic heterocycles. The van der Waals surface area contributed by atoms with Gasteiger partial charge < -0.3 is 27.0 Å². The molecule has 6 N–H and O–H groups in total. The van der Waals surface area contributed by atoms with Crippen molar-refractivity contribution in [2.24, 2.45) is 5.92 Å². The monoisotopic (exact) mass is 606 g/mol. The topological polar surface area (TPSA) is 142 Å². The number of nitrogens with zero attached hydrogens (tertiary/aromatic N) is 4. The summed E-state index contributed by atoms with van der Waals surface area (Å²) in [5, 5.41) is 6.56. The Labute approximate surface area is 242 Å². The number of nitrogen functional groups attached to an aromatic ring is 2. The van der Waals surface area contributed by atoms with E-state index in [1.165, 1.54) is 6.20 Å². The number of carbonyl (C=O) groups excluding carboxylic acids is 2. The van der Waals surface area contributed by atoms with Crippen LogP contribution in [0.25, 0.3) is 0 Å². The summed E-state index contributed by atoms with van der Waals surface area (Å²) in [5.74, 6) is 1.00. The smallest absolute Gasteiger partial charge is 0.257 e. The second kappa shape index (κ2) is 12.6. The highest BCUT2D eigenvalue weighted by atomic mass is 79.9. The van der Waals surface area contributed by atoms with Crippen molar-refractivity contribution in [2.45, 2.75) is 38.3 Å². The van der Waals surface area contributed by atoms with Crippen LogP contribution >= 0.6 is 15.9 Å². The molecule has 0 unspecified atom stereocenters. The van der Waals surface area contributed by atoms with Crippen LogP contribution in [0.15, 0.2) is 59.3 Å². The number of anilines is 4. The predicted molar refractivity (Wildman–Crippen MR) is 161 cm³/mol. The fraction of sp³-hybridized carbons (Fsp3) is 0.379. The Morgan fingerprint density at radius 1 is 0.900 bits per heavy atom. The second-order valence-electron chi connectivity index (χ2n) is 10.5. The van der Waals surface area contributed by atoms with Crippen molar-refractivity contribution in [1.82, 2.24) is 19.8 Å². The number of hydrogen-bond acceptors (Lipinski definition) is 8. The van der Waals surface area contributed by atoms with E-state index in [2.05, 4.69) is 41.4 Å². The molecule has 0 saturated carbocycles. The van der Waals surface area contributed by atoms with Gasteiger partial charge in [-0.05, 0) is 86.8 Å². The van der Waals surface area contributed by atoms with Gasteiger partial charge in [-0.25, -0.2) is 9.97 Å². The summed E-state index contributed by atoms with van der Waals surface area (Å²) >= 11 is 3.50. The van der Waals surface area contributed by atoms with Crippen LogP contribution in [0.2, 0.25) is 0 Å². The first-order valence-electron chi connectivity index (χ1n) is 13.6. The number of pyridine rings is 2. The van der Waals surface area contributed by atoms with E-state index in [0.29, 0.717) is 22.9 Å². The minimum Gasteiger partial charge on any atom is -0.384 e. The third-order valence-electron chi connectivity index (χ3n) is 7.63. The number of nitrogens with one attached hydrogen (secondary N) is 2. The summed E-state index contributed by atoms with van der Waals surface area (Å²) in [7, 11) is 0. The highest BCUT2D eigenvalue weighted by Gasteiger charge is 2.31. The van der Waals surface area contributed by atoms with Crippen molar-refractivity contribution in [1.29, 1.82) is 0 Å². The number of halogens is 1. The third kappa shape index (κ3) is 7.08. The number of aromatic nitrogens is 2. The molecule has 210 valence electrons. The summed E-state index contributed by atoms with van der Waals surface area (Å²) in [6, 6.07) is 13.1. The lowest BCUT2D eigenvalue weighted by atomic mass is 9.93. The van der Waals surface area contributed by atoms with Gasteiger partial charge in [-0.3, -0.25) is 14.5 Å². The van der Waals surface area contributed by atoms with E-state index in [0.717, 1.165) is 74.1 Å². The summed E-state index contributed by atoms with van der Waals surface area (Å²) in [5.41, 5.74) is 14.6. The molecule has 0 aliphatic carbocycles. The average Bonchev–Trinajstić information content (AvgIpc) is 2.95. The minimum atomic E-state index is -0.259. The fourth-order valence-corrected chi connectivity index (χ4v) is 5.75. The molecular formula is C29H35BrN8O2. The maximum atomic E-state index is 13.3. The van der Waals surface area contributed by atoms with E-state index < -0.39 is 0 Å². The van der Waals surface area contributed by atoms with E-state index in [-0.39, 0.29) is 23.8 Å². The highest BCUT2D eigenvalue weighted by Crippen LogP contribution is 2.30. The van der Waals surface area contributed by atoms with Crippen LogP contribution in [-0.2, 0) is 11.3 Å². The summed E-state index contributed by atoms with van der Waals surface area (Å²) < 4.78 is 0.861. The standard InChI is InChI=1S/C29H35BrN8O2/c30-22-2-3-24(25(16-22)36-28(39)21-1-4-26(31)34-17-21)35-23-8-13-38(14-9-23)29(40)20-6-11-37(12-7-20)18-19-5-10-33-27(32)15-19/h1-5,10,15-17,20,23,35H,6-9,11-14,18H2,(H2,31,34)(H2,32,33)(H,36,39). The van der Waals surface area contributed by atoms with Gasteiger partial charge in [0, 0.05) is 48.5 Å². The van der Waals surface area contributed by atoms with E-state index in [4.69, 9.17) is 11.5 Å². The van der Waals surface area contributed by atoms with Crippen molar-refractivity contribution in [2.75, 3.05) is 48.3 Å². The molecule has 2 aliphatic rings. The van der Waals surface area contributed by atoms with Gasteiger partial charge in [0.25, 0.3) is 5.91 Å². The molecule has 2 fully saturated rings. The first kappa shape index (κ1) is 27.9. The predicted octanol–water partition coefficient (Wildman–Crippen LogP) is 3.97. The van der Waals surface area contributed by atoms with Crippen molar-refractivity contribution in [3.63, 3.8) is 0 Å². The third-order valence-corrected chi connectivity index (χ3v) is 8.13. The average molecular weight is 608 g/mol. The van der Waals surface area contributed by atoms with Crippen molar-refractivity contribution < 1.29 is 9.59 Å². The Hall–Kier alpha value is -3.70. The van der Waals surface area contributed by atoms with Crippen molar-refractivity contribution in [3.8, 4) is 0 Å². The van der Waals surface area contributed by atoms with Crippen LogP contribution in [0, 0.1) is 5.92 Å². The zero-order chi connectivity index (χ0) is 28.1. The highest BCUT2D eigenvalue weighted by molar-refractivity contribution is 9.10. The molecule has 11 heteroatoms. The zero-order valence-corrected chi connectivity index (χ0v) is 23.9. The lowest BCUT2D eigenvalue weighted by Gasteiger charge is -2.37. The molecule has 4 heterocycles. The maximum Gasteiger partial charge on any atom is 0.257 e. The van der Waals surface area contributed by atoms with E-state index in [1.54, 1.807) is 18.3 Å². The Bertz CT molecular complexity index is 1340. The van der Waals surface area contributed by atoms with Crippen LogP contribution in [0.5, 0.6) is 0 Å². The van der Waals surface area contributed by atoms with Gasteiger partial charge >= 0.3 is 0 Å². The lowest BCUT2D eigenvalue weighted by Crippen LogP contribution is -2.47. The number of rotatable bonds is 7. The number of hydrogen-bond donors (Lipinski definition) is 4. The first-order chi connectivity index (χ1) is 19.3. The van der Waals surface area contributed by atoms with E-state index in [9.17, 15) is 9.59 Å². The summed E-state index contributed by atoms with van der Waals surface area (Å²) in [6.45, 7) is 4.09. The van der Waals surface area contributed by atoms with E-state index in [1.807, 2.05) is 35.2 Å². The molecule has 0 atom stereocenters. The normalized spacial score (nSPS) is 17.0. The van der Waals surface area contributed by atoms with Gasteiger partial charge in [0.05, 0.1) is 16.9 Å². The molecule has 2 aromatic heterocycles. The molecule has 40 heavy (non-hydrogen) atoms. The van der Waals surface area contributed by atoms with Crippen molar-refractivity contribution >= 4 is 50.8 Å². The largest absolute Gasteiger partial charge is 0.384 e. The maximum absolute atomic E-state index is 13.3. The SMILES string of the molecule is Nc1ccc(C(=O)Nc2cc(Br)ccc2NC2CCN(C(=O)C3CCN(Cc4ccnc(N)c4)CC3)CC2)cn1. The molecule has 0 bridgehead atoms. The quantitative estimate of drug-likeness (QED) is 0.316. The Morgan fingerprint density at radius 3 is 2.38 bits per heavy atom. The Balaban J connectivity index is 1.11. The molecule has 0 spiro atoms. The van der Waals surface area contributed by atoms with Gasteiger partial charge in [-0.15, -0.1) is 0 Å². The molecule has 2 amide bonds. The summed E-state index contributed by atoms with van der Waals surface area (Å²) in [6.07, 6.45) is 6.65.